The van der Waals surface area contributed by atoms with Crippen molar-refractivity contribution in [3.63, 3.8) is 0 Å². The first kappa shape index (κ1) is 7.28. The van der Waals surface area contributed by atoms with Gasteiger partial charge in [0.15, 0.2) is 0 Å². The lowest BCUT2D eigenvalue weighted by atomic mass is 10.2. The summed E-state index contributed by atoms with van der Waals surface area (Å²) in [5.41, 5.74) is 2.41. The fourth-order valence-electron chi connectivity index (χ4n) is 1.35. The molecule has 0 atom stereocenters. The monoisotopic (exact) mass is 161 g/mol. The van der Waals surface area contributed by atoms with E-state index in [0.717, 1.165) is 18.4 Å². The van der Waals surface area contributed by atoms with Crippen molar-refractivity contribution >= 4 is 5.52 Å². The smallest absolute Gasteiger partial charge is 0.0876 e. The maximum atomic E-state index is 4.21. The van der Waals surface area contributed by atoms with Gasteiger partial charge in [0.1, 0.15) is 0 Å². The Morgan fingerprint density at radius 3 is 3.17 bits per heavy atom. The Kier molecular flexibility index (Phi) is 1.78. The van der Waals surface area contributed by atoms with Crippen molar-refractivity contribution in [2.24, 2.45) is 0 Å². The molecular weight excluding hydrogens is 150 g/mol. The van der Waals surface area contributed by atoms with Crippen molar-refractivity contribution in [3.05, 3.63) is 30.4 Å². The first-order valence-electron chi connectivity index (χ1n) is 4.18. The minimum absolute atomic E-state index is 1.08. The van der Waals surface area contributed by atoms with Crippen LogP contribution in [0.2, 0.25) is 0 Å². The van der Waals surface area contributed by atoms with Crippen molar-refractivity contribution in [3.8, 4) is 0 Å². The summed E-state index contributed by atoms with van der Waals surface area (Å²) in [5, 5.41) is 4.21. The predicted octanol–water partition coefficient (Wildman–Crippen LogP) is 1.68. The van der Waals surface area contributed by atoms with Crippen LogP contribution in [-0.4, -0.2) is 14.6 Å². The number of nitrogens with zero attached hydrogens (tertiary/aromatic N) is 3. The molecule has 0 N–H and O–H groups in total. The largest absolute Gasteiger partial charge is 0.261 e. The number of aromatic nitrogens is 3. The van der Waals surface area contributed by atoms with E-state index in [-0.39, 0.29) is 0 Å². The Morgan fingerprint density at radius 2 is 2.33 bits per heavy atom. The molecule has 2 rings (SSSR count). The zero-order valence-corrected chi connectivity index (χ0v) is 7.07. The van der Waals surface area contributed by atoms with Gasteiger partial charge in [-0.1, -0.05) is 13.3 Å². The number of aryl methyl sites for hydroxylation is 1. The summed E-state index contributed by atoms with van der Waals surface area (Å²) in [7, 11) is 0. The van der Waals surface area contributed by atoms with Gasteiger partial charge >= 0.3 is 0 Å². The van der Waals surface area contributed by atoms with Crippen LogP contribution >= 0.6 is 0 Å². The average molecular weight is 161 g/mol. The molecule has 2 aromatic heterocycles. The van der Waals surface area contributed by atoms with Gasteiger partial charge in [-0.05, 0) is 12.0 Å². The second-order valence-electron chi connectivity index (χ2n) is 2.83. The summed E-state index contributed by atoms with van der Waals surface area (Å²) in [6, 6.07) is 0. The van der Waals surface area contributed by atoms with Gasteiger partial charge < -0.3 is 0 Å². The van der Waals surface area contributed by atoms with Crippen molar-refractivity contribution in [1.29, 1.82) is 0 Å². The first-order valence-corrected chi connectivity index (χ1v) is 4.18. The van der Waals surface area contributed by atoms with E-state index in [4.69, 9.17) is 0 Å². The molecule has 0 fully saturated rings. The molecule has 3 nitrogen and oxygen atoms in total. The SMILES string of the molecule is CCCc1cnn2ccncc12. The Bertz CT molecular complexity index is 378. The van der Waals surface area contributed by atoms with Crippen molar-refractivity contribution in [1.82, 2.24) is 14.6 Å². The minimum atomic E-state index is 1.08. The molecule has 0 aliphatic rings. The fourth-order valence-corrected chi connectivity index (χ4v) is 1.35. The van der Waals surface area contributed by atoms with E-state index in [1.165, 1.54) is 5.56 Å². The summed E-state index contributed by atoms with van der Waals surface area (Å²) < 4.78 is 1.86. The third kappa shape index (κ3) is 1.07. The van der Waals surface area contributed by atoms with Crippen LogP contribution in [0.4, 0.5) is 0 Å². The van der Waals surface area contributed by atoms with Crippen LogP contribution < -0.4 is 0 Å². The highest BCUT2D eigenvalue weighted by Gasteiger charge is 2.00. The predicted molar refractivity (Wildman–Crippen MR) is 47.0 cm³/mol. The number of hydrogen-bond donors (Lipinski definition) is 0. The van der Waals surface area contributed by atoms with Crippen LogP contribution in [0.25, 0.3) is 5.52 Å². The van der Waals surface area contributed by atoms with Crippen LogP contribution in [0, 0.1) is 0 Å². The normalized spacial score (nSPS) is 10.8. The third-order valence-corrected chi connectivity index (χ3v) is 1.92. The van der Waals surface area contributed by atoms with Gasteiger partial charge in [0, 0.05) is 12.4 Å². The highest BCUT2D eigenvalue weighted by molar-refractivity contribution is 5.51. The summed E-state index contributed by atoms with van der Waals surface area (Å²) in [6.07, 6.45) is 9.62. The zero-order valence-electron chi connectivity index (χ0n) is 7.07. The first-order chi connectivity index (χ1) is 5.92. The summed E-state index contributed by atoms with van der Waals surface area (Å²) >= 11 is 0. The van der Waals surface area contributed by atoms with Crippen LogP contribution in [0.15, 0.2) is 24.8 Å². The number of hydrogen-bond acceptors (Lipinski definition) is 2. The van der Waals surface area contributed by atoms with Gasteiger partial charge in [-0.2, -0.15) is 5.10 Å². The second kappa shape index (κ2) is 2.93. The molecule has 0 saturated carbocycles. The highest BCUT2D eigenvalue weighted by atomic mass is 15.2. The van der Waals surface area contributed by atoms with Gasteiger partial charge in [-0.15, -0.1) is 0 Å². The van der Waals surface area contributed by atoms with E-state index in [0.29, 0.717) is 0 Å². The van der Waals surface area contributed by atoms with Crippen LogP contribution in [0.3, 0.4) is 0 Å². The standard InChI is InChI=1S/C9H11N3/c1-2-3-8-6-11-12-5-4-10-7-9(8)12/h4-7H,2-3H2,1H3. The topological polar surface area (TPSA) is 30.2 Å². The molecule has 12 heavy (non-hydrogen) atoms. The molecule has 0 aliphatic heterocycles. The fraction of sp³-hybridized carbons (Fsp3) is 0.333. The van der Waals surface area contributed by atoms with E-state index < -0.39 is 0 Å². The van der Waals surface area contributed by atoms with Gasteiger partial charge in [0.05, 0.1) is 17.9 Å². The Morgan fingerprint density at radius 1 is 1.42 bits per heavy atom. The number of rotatable bonds is 2. The van der Waals surface area contributed by atoms with E-state index >= 15 is 0 Å². The van der Waals surface area contributed by atoms with Crippen molar-refractivity contribution in [2.75, 3.05) is 0 Å². The quantitative estimate of drug-likeness (QED) is 0.670. The molecule has 3 heteroatoms. The van der Waals surface area contributed by atoms with Gasteiger partial charge in [-0.3, -0.25) is 4.98 Å². The Labute approximate surface area is 71.1 Å². The molecule has 0 bridgehead atoms. The maximum absolute atomic E-state index is 4.21. The lowest BCUT2D eigenvalue weighted by molar-refractivity contribution is 0.928. The molecule has 62 valence electrons. The number of fused-ring (bicyclic) bond motifs is 1. The molecule has 0 aromatic carbocycles. The molecule has 0 radical (unpaired) electrons. The average Bonchev–Trinajstić information content (AvgIpc) is 2.50. The van der Waals surface area contributed by atoms with Crippen molar-refractivity contribution < 1.29 is 0 Å². The van der Waals surface area contributed by atoms with Gasteiger partial charge in [-0.25, -0.2) is 4.52 Å². The summed E-state index contributed by atoms with van der Waals surface area (Å²) in [4.78, 5) is 4.07. The summed E-state index contributed by atoms with van der Waals surface area (Å²) in [6.45, 7) is 2.17. The molecule has 2 heterocycles. The van der Waals surface area contributed by atoms with Gasteiger partial charge in [0.25, 0.3) is 0 Å². The molecule has 0 aliphatic carbocycles. The Hall–Kier alpha value is -1.38. The molecule has 0 unspecified atom stereocenters. The van der Waals surface area contributed by atoms with Crippen LogP contribution in [0.5, 0.6) is 0 Å². The zero-order chi connectivity index (χ0) is 8.39. The van der Waals surface area contributed by atoms with E-state index in [9.17, 15) is 0 Å². The highest BCUT2D eigenvalue weighted by Crippen LogP contribution is 2.09. The molecular formula is C9H11N3. The molecule has 2 aromatic rings. The molecule has 0 amide bonds. The third-order valence-electron chi connectivity index (χ3n) is 1.92. The van der Waals surface area contributed by atoms with E-state index in [2.05, 4.69) is 17.0 Å². The van der Waals surface area contributed by atoms with Crippen LogP contribution in [-0.2, 0) is 6.42 Å². The molecule has 0 saturated heterocycles. The lowest BCUT2D eigenvalue weighted by Gasteiger charge is -1.93. The molecule has 0 spiro atoms. The van der Waals surface area contributed by atoms with E-state index in [1.807, 2.05) is 23.1 Å². The summed E-state index contributed by atoms with van der Waals surface area (Å²) in [5.74, 6) is 0. The second-order valence-corrected chi connectivity index (χ2v) is 2.83. The maximum Gasteiger partial charge on any atom is 0.0876 e. The van der Waals surface area contributed by atoms with E-state index in [1.54, 1.807) is 6.20 Å². The van der Waals surface area contributed by atoms with Crippen molar-refractivity contribution in [2.45, 2.75) is 19.8 Å². The lowest BCUT2D eigenvalue weighted by Crippen LogP contribution is -1.87. The van der Waals surface area contributed by atoms with Gasteiger partial charge in [0.2, 0.25) is 0 Å². The van der Waals surface area contributed by atoms with Crippen LogP contribution in [0.1, 0.15) is 18.9 Å². The minimum Gasteiger partial charge on any atom is -0.261 e. The Balaban J connectivity index is 2.55.